The Hall–Kier alpha value is -1.23. The first-order chi connectivity index (χ1) is 27.6. The van der Waals surface area contributed by atoms with Gasteiger partial charge in [-0.3, -0.25) is 0 Å². The van der Waals surface area contributed by atoms with E-state index in [1.54, 1.807) is 6.08 Å². The third-order valence-electron chi connectivity index (χ3n) is 17.1. The van der Waals surface area contributed by atoms with Crippen molar-refractivity contribution >= 4 is 5.97 Å². The summed E-state index contributed by atoms with van der Waals surface area (Å²) in [5.41, 5.74) is -0.829. The molecule has 0 bridgehead atoms. The summed E-state index contributed by atoms with van der Waals surface area (Å²) in [6, 6.07) is 0. The summed E-state index contributed by atoms with van der Waals surface area (Å²) < 4.78 is 43.4. The van der Waals surface area contributed by atoms with Gasteiger partial charge in [0, 0.05) is 50.4 Å². The van der Waals surface area contributed by atoms with Crippen molar-refractivity contribution in [1.82, 2.24) is 4.90 Å². The topological polar surface area (TPSA) is 166 Å². The number of fused-ring (bicyclic) bond motifs is 5. The van der Waals surface area contributed by atoms with Crippen LogP contribution in [0.1, 0.15) is 118 Å². The van der Waals surface area contributed by atoms with E-state index >= 15 is 0 Å². The second kappa shape index (κ2) is 16.2. The van der Waals surface area contributed by atoms with Crippen LogP contribution >= 0.6 is 0 Å². The van der Waals surface area contributed by atoms with E-state index in [2.05, 4.69) is 25.7 Å². The summed E-state index contributed by atoms with van der Waals surface area (Å²) in [7, 11) is 0. The molecular weight excluding hydrogens is 746 g/mol. The van der Waals surface area contributed by atoms with Gasteiger partial charge in [-0.2, -0.15) is 0 Å². The number of rotatable bonds is 9. The van der Waals surface area contributed by atoms with E-state index in [1.165, 1.54) is 12.8 Å². The highest BCUT2D eigenvalue weighted by molar-refractivity contribution is 5.85. The molecule has 328 valence electrons. The lowest BCUT2D eigenvalue weighted by atomic mass is 9.42. The van der Waals surface area contributed by atoms with Crippen molar-refractivity contribution in [2.24, 2.45) is 40.4 Å². The molecule has 9 rings (SSSR count). The van der Waals surface area contributed by atoms with Crippen LogP contribution < -0.4 is 0 Å². The van der Waals surface area contributed by atoms with Crippen molar-refractivity contribution in [2.75, 3.05) is 26.2 Å². The molecule has 4 aliphatic heterocycles. The first-order valence-corrected chi connectivity index (χ1v) is 22.9. The molecule has 5 unspecified atom stereocenters. The summed E-state index contributed by atoms with van der Waals surface area (Å²) in [5.74, 6) is 1.11. The van der Waals surface area contributed by atoms with Crippen molar-refractivity contribution in [3.05, 3.63) is 11.6 Å². The molecule has 13 nitrogen and oxygen atoms in total. The summed E-state index contributed by atoms with van der Waals surface area (Å²) in [6.07, 6.45) is 6.00. The fraction of sp³-hybridized carbons (Fsp3) is 0.933. The molecule has 8 fully saturated rings. The van der Waals surface area contributed by atoms with Gasteiger partial charge in [0.2, 0.25) is 0 Å². The average molecular weight is 818 g/mol. The van der Waals surface area contributed by atoms with E-state index in [0.717, 1.165) is 76.1 Å². The van der Waals surface area contributed by atoms with Gasteiger partial charge >= 0.3 is 5.97 Å². The van der Waals surface area contributed by atoms with Gasteiger partial charge in [-0.15, -0.1) is 0 Å². The van der Waals surface area contributed by atoms with Gasteiger partial charge in [-0.05, 0) is 126 Å². The van der Waals surface area contributed by atoms with Crippen LogP contribution in [0.2, 0.25) is 0 Å². The number of esters is 1. The summed E-state index contributed by atoms with van der Waals surface area (Å²) in [4.78, 5) is 14.4. The minimum atomic E-state index is -0.997. The lowest BCUT2D eigenvalue weighted by Crippen LogP contribution is -2.67. The van der Waals surface area contributed by atoms with Crippen LogP contribution in [0.5, 0.6) is 0 Å². The number of ether oxygens (including phenoxy) is 7. The molecule has 4 heterocycles. The Bertz CT molecular complexity index is 1500. The van der Waals surface area contributed by atoms with Gasteiger partial charge in [-0.1, -0.05) is 13.8 Å². The van der Waals surface area contributed by atoms with Crippen molar-refractivity contribution in [2.45, 2.75) is 197 Å². The minimum absolute atomic E-state index is 0.0163. The number of aliphatic hydroxyl groups is 4. The summed E-state index contributed by atoms with van der Waals surface area (Å²) >= 11 is 0. The van der Waals surface area contributed by atoms with Gasteiger partial charge < -0.3 is 58.5 Å². The van der Waals surface area contributed by atoms with E-state index in [1.807, 2.05) is 13.8 Å². The molecule has 0 aromatic rings. The largest absolute Gasteiger partial charge is 0.458 e. The van der Waals surface area contributed by atoms with Crippen LogP contribution in [-0.4, -0.2) is 137 Å². The predicted octanol–water partition coefficient (Wildman–Crippen LogP) is 4.21. The number of nitrogens with zero attached hydrogens (tertiary/aromatic N) is 1. The molecule has 13 heteroatoms. The Morgan fingerprint density at radius 2 is 1.47 bits per heavy atom. The molecule has 0 amide bonds. The minimum Gasteiger partial charge on any atom is -0.458 e. The summed E-state index contributed by atoms with van der Waals surface area (Å²) in [5, 5.41) is 47.1. The van der Waals surface area contributed by atoms with E-state index in [0.29, 0.717) is 18.8 Å². The monoisotopic (exact) mass is 817 g/mol. The molecule has 9 aliphatic rings. The smallest absolute Gasteiger partial charge is 0.331 e. The van der Waals surface area contributed by atoms with Crippen LogP contribution in [0.25, 0.3) is 0 Å². The standard InChI is InChI=1S/C45H71NO12/c1-24-21-46(22-27-6-7-27)15-12-38(53-24)57-41-25(2)55-40(20-35(41)48)58-42-26(3)54-39(19-34(42)47)56-30-10-13-43(4)29(17-30)8-9-32-33(43)18-36(49)44(5)31(11-14-45(32,44)51)28-16-37(50)52-23-28/h16,24-27,29-36,38-42,47-49,51H,6-15,17-23H2,1-5H3/t24?,25-,26-,29?,30-,31+,32?,33?,34-,35-,36-,38?,39-,40-,41+,42+,43-,44-,45-/m0/s1. The first-order valence-electron chi connectivity index (χ1n) is 22.9. The third-order valence-corrected chi connectivity index (χ3v) is 17.1. The van der Waals surface area contributed by atoms with Gasteiger partial charge in [0.25, 0.3) is 0 Å². The highest BCUT2D eigenvalue weighted by Crippen LogP contribution is 2.70. The van der Waals surface area contributed by atoms with Crippen LogP contribution in [0.4, 0.5) is 0 Å². The highest BCUT2D eigenvalue weighted by atomic mass is 16.7. The SMILES string of the molecule is CC1CN(CC2CC2)CCC(O[C@@H]2[C@H](C)O[C@@H](O[C@@H]3[C@H](C)O[C@@H](O[C@H]4CC[C@@]5(C)C(CCC6C5C[C@H](O)[C@]5(C)[C@@H](C7=CC(=O)OC7)CC[C@]65O)C4)C[C@@H]3O)C[C@@H]2O)O1. The molecule has 19 atom stereocenters. The van der Waals surface area contributed by atoms with E-state index in [9.17, 15) is 25.2 Å². The van der Waals surface area contributed by atoms with Crippen LogP contribution in [0.15, 0.2) is 11.6 Å². The maximum absolute atomic E-state index is 12.6. The molecule has 5 aliphatic carbocycles. The number of cyclic esters (lactones) is 1. The van der Waals surface area contributed by atoms with Gasteiger partial charge in [0.05, 0.1) is 48.3 Å². The lowest BCUT2D eigenvalue weighted by Gasteiger charge is -2.65. The molecule has 58 heavy (non-hydrogen) atoms. The quantitative estimate of drug-likeness (QED) is 0.194. The zero-order valence-electron chi connectivity index (χ0n) is 35.4. The van der Waals surface area contributed by atoms with Crippen molar-refractivity contribution < 1.29 is 58.4 Å². The molecule has 0 aromatic heterocycles. The maximum Gasteiger partial charge on any atom is 0.331 e. The van der Waals surface area contributed by atoms with E-state index in [4.69, 9.17) is 33.2 Å². The number of carbonyl (C=O) groups excluding carboxylic acids is 1. The Balaban J connectivity index is 0.758. The number of carbonyl (C=O) groups is 1. The number of aliphatic hydroxyl groups excluding tert-OH is 3. The lowest BCUT2D eigenvalue weighted by molar-refractivity contribution is -0.329. The zero-order chi connectivity index (χ0) is 40.7. The fourth-order valence-electron chi connectivity index (χ4n) is 13.7. The van der Waals surface area contributed by atoms with Crippen LogP contribution in [0.3, 0.4) is 0 Å². The third kappa shape index (κ3) is 7.66. The highest BCUT2D eigenvalue weighted by Gasteiger charge is 2.71. The van der Waals surface area contributed by atoms with Crippen molar-refractivity contribution in [3.63, 3.8) is 0 Å². The zero-order valence-corrected chi connectivity index (χ0v) is 35.4. The van der Waals surface area contributed by atoms with Crippen molar-refractivity contribution in [3.8, 4) is 0 Å². The fourth-order valence-corrected chi connectivity index (χ4v) is 13.7. The Morgan fingerprint density at radius 1 is 0.776 bits per heavy atom. The van der Waals surface area contributed by atoms with Gasteiger partial charge in [-0.25, -0.2) is 4.79 Å². The van der Waals surface area contributed by atoms with Gasteiger partial charge in [0.1, 0.15) is 18.8 Å². The second-order valence-electron chi connectivity index (χ2n) is 20.6. The second-order valence-corrected chi connectivity index (χ2v) is 20.6. The molecule has 0 radical (unpaired) electrons. The predicted molar refractivity (Wildman–Crippen MR) is 210 cm³/mol. The Kier molecular flexibility index (Phi) is 11.7. The summed E-state index contributed by atoms with van der Waals surface area (Å²) in [6.45, 7) is 13.5. The maximum atomic E-state index is 12.6. The average Bonchev–Trinajstić information content (AvgIpc) is 3.85. The number of hydrogen-bond acceptors (Lipinski definition) is 13. The molecular formula is C45H71NO12. The first kappa shape index (κ1) is 42.1. The molecule has 5 saturated carbocycles. The van der Waals surface area contributed by atoms with Gasteiger partial charge in [0.15, 0.2) is 18.9 Å². The van der Waals surface area contributed by atoms with Crippen molar-refractivity contribution in [1.29, 1.82) is 0 Å². The number of hydrogen-bond donors (Lipinski definition) is 4. The Morgan fingerprint density at radius 3 is 2.12 bits per heavy atom. The molecule has 3 saturated heterocycles. The molecule has 0 aromatic carbocycles. The van der Waals surface area contributed by atoms with Crippen LogP contribution in [0, 0.1) is 40.4 Å². The molecule has 0 spiro atoms. The van der Waals surface area contributed by atoms with Crippen LogP contribution in [-0.2, 0) is 38.0 Å². The Labute approximate surface area is 344 Å². The van der Waals surface area contributed by atoms with E-state index < -0.39 is 72.6 Å². The normalized spacial score (nSPS) is 52.6. The van der Waals surface area contributed by atoms with E-state index in [-0.39, 0.29) is 60.8 Å². The molecule has 4 N–H and O–H groups in total.